The molecule has 0 spiro atoms. The van der Waals surface area contributed by atoms with Crippen LogP contribution < -0.4 is 0 Å². The van der Waals surface area contributed by atoms with Crippen LogP contribution in [0.15, 0.2) is 199 Å². The first kappa shape index (κ1) is 33.4. The summed E-state index contributed by atoms with van der Waals surface area (Å²) in [5.41, 5.74) is 10.2. The molecular formula is C57H32N4O. The van der Waals surface area contributed by atoms with Crippen LogP contribution in [0.2, 0.25) is 0 Å². The SMILES string of the molecule is c1ccc(-c2nc(-c3ccc4c(c3)oc3ccccc34)nc(-c3cc4c5ccccc5c5ccccc5c4cc3-c3cc4c5ccccc5n5c6ccccc6c(c3)c45)n2)cc1. The number of aromatic nitrogens is 4. The second-order valence-corrected chi connectivity index (χ2v) is 16.3. The first-order chi connectivity index (χ1) is 30.7. The molecule has 0 atom stereocenters. The number of nitrogens with zero attached hydrogens (tertiary/aromatic N) is 4. The van der Waals surface area contributed by atoms with E-state index in [2.05, 4.69) is 162 Å². The Hall–Kier alpha value is -8.41. The van der Waals surface area contributed by atoms with Crippen molar-refractivity contribution in [3.63, 3.8) is 0 Å². The van der Waals surface area contributed by atoms with Crippen molar-refractivity contribution in [2.75, 3.05) is 0 Å². The lowest BCUT2D eigenvalue weighted by Crippen LogP contribution is -2.01. The molecule has 0 bridgehead atoms. The summed E-state index contributed by atoms with van der Waals surface area (Å²) in [6.07, 6.45) is 0. The van der Waals surface area contributed by atoms with Crippen LogP contribution in [0.25, 0.3) is 138 Å². The van der Waals surface area contributed by atoms with Crippen LogP contribution in [0.1, 0.15) is 0 Å². The summed E-state index contributed by atoms with van der Waals surface area (Å²) >= 11 is 0. The molecule has 4 heterocycles. The van der Waals surface area contributed by atoms with Crippen LogP contribution in [0.5, 0.6) is 0 Å². The third kappa shape index (κ3) is 4.70. The standard InChI is InChI=1S/C57H32N4O/c1-2-14-33(15-3-1)55-58-56(34-26-27-43-42-22-10-13-25-52(42)62-53(43)30-34)60-57(59-55)49-32-46-39-19-7-5-17-37(39)36-16-4-6-18-38(36)45(46)31-44(49)35-28-47-40-20-8-11-23-50(40)61-51-24-12-9-21-41(51)48(29-35)54(47)61/h1-32H. The predicted molar refractivity (Wildman–Crippen MR) is 256 cm³/mol. The Morgan fingerprint density at radius 3 is 1.42 bits per heavy atom. The Labute approximate surface area is 354 Å². The highest BCUT2D eigenvalue weighted by atomic mass is 16.3. The molecule has 0 N–H and O–H groups in total. The van der Waals surface area contributed by atoms with E-state index in [1.807, 2.05) is 36.4 Å². The van der Waals surface area contributed by atoms with E-state index in [1.165, 1.54) is 65.0 Å². The maximum Gasteiger partial charge on any atom is 0.164 e. The maximum absolute atomic E-state index is 6.38. The Morgan fingerprint density at radius 2 is 0.774 bits per heavy atom. The van der Waals surface area contributed by atoms with Crippen molar-refractivity contribution in [2.24, 2.45) is 0 Å². The Morgan fingerprint density at radius 1 is 0.290 bits per heavy atom. The van der Waals surface area contributed by atoms with Crippen molar-refractivity contribution in [1.29, 1.82) is 0 Å². The molecule has 0 radical (unpaired) electrons. The average Bonchev–Trinajstić information content (AvgIpc) is 4.00. The largest absolute Gasteiger partial charge is 0.456 e. The van der Waals surface area contributed by atoms with Crippen LogP contribution >= 0.6 is 0 Å². The van der Waals surface area contributed by atoms with E-state index in [1.54, 1.807) is 0 Å². The summed E-state index contributed by atoms with van der Waals surface area (Å²) < 4.78 is 8.82. The molecular weight excluding hydrogens is 757 g/mol. The van der Waals surface area contributed by atoms with Gasteiger partial charge in [-0.2, -0.15) is 0 Å². The van der Waals surface area contributed by atoms with E-state index >= 15 is 0 Å². The van der Waals surface area contributed by atoms with Gasteiger partial charge in [-0.3, -0.25) is 0 Å². The number of benzene rings is 10. The Balaban J connectivity index is 1.12. The zero-order chi connectivity index (χ0) is 40.5. The number of hydrogen-bond acceptors (Lipinski definition) is 4. The molecule has 62 heavy (non-hydrogen) atoms. The van der Waals surface area contributed by atoms with E-state index in [0.717, 1.165) is 55.1 Å². The fourth-order valence-corrected chi connectivity index (χ4v) is 10.2. The van der Waals surface area contributed by atoms with Gasteiger partial charge in [0.05, 0.1) is 16.6 Å². The lowest BCUT2D eigenvalue weighted by molar-refractivity contribution is 0.669. The zero-order valence-electron chi connectivity index (χ0n) is 33.2. The summed E-state index contributed by atoms with van der Waals surface area (Å²) in [5.74, 6) is 1.79. The van der Waals surface area contributed by atoms with Gasteiger partial charge in [0.1, 0.15) is 11.2 Å². The van der Waals surface area contributed by atoms with Gasteiger partial charge in [-0.25, -0.2) is 15.0 Å². The van der Waals surface area contributed by atoms with Gasteiger partial charge in [0.15, 0.2) is 17.5 Å². The summed E-state index contributed by atoms with van der Waals surface area (Å²) in [5, 5.41) is 14.2. The lowest BCUT2D eigenvalue weighted by atomic mass is 9.88. The lowest BCUT2D eigenvalue weighted by Gasteiger charge is -2.17. The van der Waals surface area contributed by atoms with Crippen LogP contribution in [0.3, 0.4) is 0 Å². The molecule has 5 heteroatoms. The van der Waals surface area contributed by atoms with Crippen LogP contribution in [-0.4, -0.2) is 19.4 Å². The number of furan rings is 1. The molecule has 0 aliphatic rings. The van der Waals surface area contributed by atoms with E-state index in [4.69, 9.17) is 19.4 Å². The number of para-hydroxylation sites is 3. The molecule has 14 rings (SSSR count). The van der Waals surface area contributed by atoms with Crippen LogP contribution in [0.4, 0.5) is 0 Å². The van der Waals surface area contributed by atoms with Crippen molar-refractivity contribution in [2.45, 2.75) is 0 Å². The molecule has 4 aromatic heterocycles. The smallest absolute Gasteiger partial charge is 0.164 e. The number of fused-ring (bicyclic) bond motifs is 15. The average molecular weight is 789 g/mol. The third-order valence-electron chi connectivity index (χ3n) is 12.9. The zero-order valence-corrected chi connectivity index (χ0v) is 33.2. The van der Waals surface area contributed by atoms with Crippen molar-refractivity contribution in [1.82, 2.24) is 19.4 Å². The van der Waals surface area contributed by atoms with E-state index in [9.17, 15) is 0 Å². The summed E-state index contributed by atoms with van der Waals surface area (Å²) in [7, 11) is 0. The normalized spacial score (nSPS) is 12.2. The Bertz CT molecular complexity index is 4080. The van der Waals surface area contributed by atoms with Crippen LogP contribution in [-0.2, 0) is 0 Å². The highest BCUT2D eigenvalue weighted by Crippen LogP contribution is 2.46. The summed E-state index contributed by atoms with van der Waals surface area (Å²) in [6, 6.07) is 69.2. The highest BCUT2D eigenvalue weighted by Gasteiger charge is 2.23. The van der Waals surface area contributed by atoms with Gasteiger partial charge in [0, 0.05) is 49.0 Å². The van der Waals surface area contributed by atoms with Gasteiger partial charge in [0.2, 0.25) is 0 Å². The van der Waals surface area contributed by atoms with Crippen molar-refractivity contribution in [3.8, 4) is 45.3 Å². The third-order valence-corrected chi connectivity index (χ3v) is 12.9. The van der Waals surface area contributed by atoms with E-state index in [0.29, 0.717) is 17.5 Å². The summed E-state index contributed by atoms with van der Waals surface area (Å²) in [4.78, 5) is 16.0. The van der Waals surface area contributed by atoms with Crippen LogP contribution in [0, 0.1) is 0 Å². The van der Waals surface area contributed by atoms with Gasteiger partial charge >= 0.3 is 0 Å². The second-order valence-electron chi connectivity index (χ2n) is 16.3. The number of rotatable bonds is 4. The van der Waals surface area contributed by atoms with Gasteiger partial charge in [-0.15, -0.1) is 0 Å². The van der Waals surface area contributed by atoms with E-state index < -0.39 is 0 Å². The minimum Gasteiger partial charge on any atom is -0.456 e. The summed E-state index contributed by atoms with van der Waals surface area (Å²) in [6.45, 7) is 0. The molecule has 10 aromatic carbocycles. The Kier molecular flexibility index (Phi) is 6.77. The maximum atomic E-state index is 6.38. The second kappa shape index (κ2) is 12.6. The molecule has 0 amide bonds. The molecule has 14 aromatic rings. The quantitative estimate of drug-likeness (QED) is 0.167. The van der Waals surface area contributed by atoms with Gasteiger partial charge in [0.25, 0.3) is 0 Å². The molecule has 0 aliphatic heterocycles. The van der Waals surface area contributed by atoms with Crippen molar-refractivity contribution in [3.05, 3.63) is 194 Å². The molecule has 0 saturated heterocycles. The fourth-order valence-electron chi connectivity index (χ4n) is 10.2. The van der Waals surface area contributed by atoms with Gasteiger partial charge < -0.3 is 8.82 Å². The van der Waals surface area contributed by atoms with Gasteiger partial charge in [-0.1, -0.05) is 140 Å². The van der Waals surface area contributed by atoms with E-state index in [-0.39, 0.29) is 0 Å². The fraction of sp³-hybridized carbons (Fsp3) is 0. The highest BCUT2D eigenvalue weighted by molar-refractivity contribution is 6.28. The molecule has 0 unspecified atom stereocenters. The topological polar surface area (TPSA) is 56.2 Å². The number of hydrogen-bond donors (Lipinski definition) is 0. The van der Waals surface area contributed by atoms with Crippen molar-refractivity contribution >= 4 is 92.4 Å². The molecule has 5 nitrogen and oxygen atoms in total. The predicted octanol–water partition coefficient (Wildman–Crippen LogP) is 15.0. The molecule has 286 valence electrons. The molecule has 0 fully saturated rings. The minimum absolute atomic E-state index is 0.580. The van der Waals surface area contributed by atoms with Gasteiger partial charge in [-0.05, 0) is 98.0 Å². The first-order valence-corrected chi connectivity index (χ1v) is 21.0. The van der Waals surface area contributed by atoms with Crippen molar-refractivity contribution < 1.29 is 4.42 Å². The first-order valence-electron chi connectivity index (χ1n) is 21.0. The molecule has 0 aliphatic carbocycles. The monoisotopic (exact) mass is 788 g/mol. The minimum atomic E-state index is 0.580. The molecule has 0 saturated carbocycles.